The Hall–Kier alpha value is -2.68. The van der Waals surface area contributed by atoms with Crippen molar-refractivity contribution in [2.45, 2.75) is 38.9 Å². The van der Waals surface area contributed by atoms with Gasteiger partial charge in [0.25, 0.3) is 0 Å². The summed E-state index contributed by atoms with van der Waals surface area (Å²) >= 11 is 1.40. The number of nitrogens with zero attached hydrogens (tertiary/aromatic N) is 3. The van der Waals surface area contributed by atoms with E-state index in [1.165, 1.54) is 32.0 Å². The van der Waals surface area contributed by atoms with Crippen LogP contribution in [0.4, 0.5) is 14.6 Å². The van der Waals surface area contributed by atoms with Crippen molar-refractivity contribution in [1.29, 1.82) is 0 Å². The second kappa shape index (κ2) is 8.82. The van der Waals surface area contributed by atoms with Gasteiger partial charge in [0, 0.05) is 23.7 Å². The first kappa shape index (κ1) is 23.0. The first-order valence-electron chi connectivity index (χ1n) is 9.69. The van der Waals surface area contributed by atoms with Crippen LogP contribution in [0.2, 0.25) is 0 Å². The molecule has 0 fully saturated rings. The highest BCUT2D eigenvalue weighted by Gasteiger charge is 2.26. The van der Waals surface area contributed by atoms with Gasteiger partial charge in [-0.2, -0.15) is 0 Å². The molecule has 0 bridgehead atoms. The third-order valence-corrected chi connectivity index (χ3v) is 5.77. The van der Waals surface area contributed by atoms with Crippen molar-refractivity contribution < 1.29 is 18.3 Å². The third kappa shape index (κ3) is 4.51. The third-order valence-electron chi connectivity index (χ3n) is 5.21. The summed E-state index contributed by atoms with van der Waals surface area (Å²) in [6, 6.07) is 2.73. The van der Waals surface area contributed by atoms with Gasteiger partial charge in [0.2, 0.25) is 0 Å². The highest BCUT2D eigenvalue weighted by molar-refractivity contribution is 7.98. The fourth-order valence-corrected chi connectivity index (χ4v) is 3.22. The molecule has 0 saturated carbocycles. The lowest BCUT2D eigenvalue weighted by Gasteiger charge is -2.29. The van der Waals surface area contributed by atoms with Crippen molar-refractivity contribution in [3.05, 3.63) is 30.0 Å². The molecule has 2 heterocycles. The number of fused-ring (bicyclic) bond motifs is 1. The van der Waals surface area contributed by atoms with Crippen LogP contribution in [0.5, 0.6) is 11.5 Å². The summed E-state index contributed by atoms with van der Waals surface area (Å²) in [7, 11) is 2.62. The van der Waals surface area contributed by atoms with Crippen molar-refractivity contribution >= 4 is 28.5 Å². The van der Waals surface area contributed by atoms with Crippen molar-refractivity contribution in [2.75, 3.05) is 25.8 Å². The van der Waals surface area contributed by atoms with E-state index in [1.807, 2.05) is 13.2 Å². The van der Waals surface area contributed by atoms with Gasteiger partial charge in [-0.3, -0.25) is 0 Å². The monoisotopic (exact) mass is 448 g/mol. The van der Waals surface area contributed by atoms with E-state index in [0.29, 0.717) is 21.9 Å². The molecule has 0 amide bonds. The van der Waals surface area contributed by atoms with Crippen LogP contribution in [0.1, 0.15) is 27.7 Å². The number of rotatable bonds is 6. The minimum absolute atomic E-state index is 0.000634. The van der Waals surface area contributed by atoms with Gasteiger partial charge in [0.15, 0.2) is 34.1 Å². The van der Waals surface area contributed by atoms with Crippen molar-refractivity contribution in [3.8, 4) is 22.8 Å². The number of aromatic nitrogens is 3. The Morgan fingerprint density at radius 1 is 1.03 bits per heavy atom. The van der Waals surface area contributed by atoms with Gasteiger partial charge in [-0.05, 0) is 24.7 Å². The predicted molar refractivity (Wildman–Crippen MR) is 120 cm³/mol. The van der Waals surface area contributed by atoms with E-state index in [1.54, 1.807) is 12.3 Å². The molecule has 166 valence electrons. The zero-order valence-corrected chi connectivity index (χ0v) is 19.4. The standard InChI is InChI=1S/C22H26F2N4O2S/c1-11(22(2,3)4)26-20-19-12(10-25-21(28-19)31-7)8-13(27-20)16-17(23)14(29-5)9-15(30-6)18(16)24/h8-11H,1-7H3,(H,26,27). The number of anilines is 1. The SMILES string of the molecule is COc1cc(OC)c(F)c(-c2cc3cnc(SC)nc3c(NC(C)C(C)(C)C)n2)c1F. The Morgan fingerprint density at radius 2 is 1.65 bits per heavy atom. The number of hydrogen-bond acceptors (Lipinski definition) is 7. The molecule has 9 heteroatoms. The number of nitrogens with one attached hydrogen (secondary N) is 1. The summed E-state index contributed by atoms with van der Waals surface area (Å²) in [6.45, 7) is 8.29. The molecule has 1 aromatic carbocycles. The van der Waals surface area contributed by atoms with Gasteiger partial charge < -0.3 is 14.8 Å². The van der Waals surface area contributed by atoms with Crippen LogP contribution in [0, 0.1) is 17.0 Å². The van der Waals surface area contributed by atoms with E-state index in [4.69, 9.17) is 9.47 Å². The zero-order chi connectivity index (χ0) is 22.9. The van der Waals surface area contributed by atoms with E-state index >= 15 is 8.78 Å². The molecule has 1 N–H and O–H groups in total. The second-order valence-electron chi connectivity index (χ2n) is 8.17. The summed E-state index contributed by atoms with van der Waals surface area (Å²) < 4.78 is 40.4. The quantitative estimate of drug-likeness (QED) is 0.391. The van der Waals surface area contributed by atoms with Crippen molar-refractivity contribution in [2.24, 2.45) is 5.41 Å². The largest absolute Gasteiger partial charge is 0.494 e. The number of methoxy groups -OCH3 is 2. The molecule has 3 aromatic rings. The molecule has 0 radical (unpaired) electrons. The Balaban J connectivity index is 2.30. The fourth-order valence-electron chi connectivity index (χ4n) is 2.88. The Bertz CT molecular complexity index is 1090. The number of ether oxygens (including phenoxy) is 2. The van der Waals surface area contributed by atoms with E-state index in [2.05, 4.69) is 41.0 Å². The first-order valence-corrected chi connectivity index (χ1v) is 10.9. The molecule has 0 spiro atoms. The predicted octanol–water partition coefficient (Wildman–Crippen LogP) is 5.56. The van der Waals surface area contributed by atoms with Crippen molar-refractivity contribution in [1.82, 2.24) is 15.0 Å². The fraction of sp³-hybridized carbons (Fsp3) is 0.409. The molecule has 31 heavy (non-hydrogen) atoms. The van der Waals surface area contributed by atoms with Crippen LogP contribution < -0.4 is 14.8 Å². The van der Waals surface area contributed by atoms with Gasteiger partial charge in [-0.1, -0.05) is 32.5 Å². The van der Waals surface area contributed by atoms with E-state index < -0.39 is 11.6 Å². The van der Waals surface area contributed by atoms with Gasteiger partial charge >= 0.3 is 0 Å². The molecule has 0 saturated heterocycles. The molecule has 6 nitrogen and oxygen atoms in total. The lowest BCUT2D eigenvalue weighted by molar-refractivity contribution is 0.358. The molecule has 2 aromatic heterocycles. The molecule has 3 rings (SSSR count). The highest BCUT2D eigenvalue weighted by atomic mass is 32.2. The maximum atomic E-state index is 15.1. The average molecular weight is 449 g/mol. The maximum Gasteiger partial charge on any atom is 0.187 e. The minimum atomic E-state index is -0.857. The Morgan fingerprint density at radius 3 is 2.16 bits per heavy atom. The van der Waals surface area contributed by atoms with E-state index in [0.717, 1.165) is 0 Å². The van der Waals surface area contributed by atoms with Crippen LogP contribution in [0.15, 0.2) is 23.5 Å². The number of pyridine rings is 1. The second-order valence-corrected chi connectivity index (χ2v) is 8.94. The molecule has 0 aliphatic rings. The average Bonchev–Trinajstić information content (AvgIpc) is 2.73. The zero-order valence-electron chi connectivity index (χ0n) is 18.6. The number of halogens is 2. The smallest absolute Gasteiger partial charge is 0.187 e. The summed E-state index contributed by atoms with van der Waals surface area (Å²) in [5.41, 5.74) is 0.243. The van der Waals surface area contributed by atoms with Gasteiger partial charge in [-0.15, -0.1) is 0 Å². The summed E-state index contributed by atoms with van der Waals surface area (Å²) in [5.74, 6) is -1.56. The van der Waals surface area contributed by atoms with E-state index in [9.17, 15) is 0 Å². The van der Waals surface area contributed by atoms with Gasteiger partial charge in [0.1, 0.15) is 5.52 Å². The lowest BCUT2D eigenvalue weighted by Crippen LogP contribution is -2.31. The molecule has 0 aliphatic carbocycles. The van der Waals surface area contributed by atoms with E-state index in [-0.39, 0.29) is 34.2 Å². The normalized spacial score (nSPS) is 12.7. The van der Waals surface area contributed by atoms with Crippen LogP contribution in [0.3, 0.4) is 0 Å². The molecule has 1 unspecified atom stereocenters. The molecule has 1 atom stereocenters. The highest BCUT2D eigenvalue weighted by Crippen LogP contribution is 2.39. The lowest BCUT2D eigenvalue weighted by atomic mass is 9.88. The minimum Gasteiger partial charge on any atom is -0.494 e. The molecule has 0 aliphatic heterocycles. The summed E-state index contributed by atoms with van der Waals surface area (Å²) in [4.78, 5) is 13.4. The maximum absolute atomic E-state index is 15.1. The number of hydrogen-bond donors (Lipinski definition) is 1. The summed E-state index contributed by atoms with van der Waals surface area (Å²) in [5, 5.41) is 4.55. The van der Waals surface area contributed by atoms with Crippen molar-refractivity contribution in [3.63, 3.8) is 0 Å². The van der Waals surface area contributed by atoms with Crippen LogP contribution in [0.25, 0.3) is 22.2 Å². The molecular weight excluding hydrogens is 422 g/mol. The van der Waals surface area contributed by atoms with Gasteiger partial charge in [-0.25, -0.2) is 23.7 Å². The van der Waals surface area contributed by atoms with Crippen LogP contribution >= 0.6 is 11.8 Å². The Labute approximate surface area is 184 Å². The number of thioether (sulfide) groups is 1. The van der Waals surface area contributed by atoms with Crippen LogP contribution in [-0.2, 0) is 0 Å². The topological polar surface area (TPSA) is 69.2 Å². The van der Waals surface area contributed by atoms with Gasteiger partial charge in [0.05, 0.1) is 25.5 Å². The summed E-state index contributed by atoms with van der Waals surface area (Å²) in [6.07, 6.45) is 3.50. The van der Waals surface area contributed by atoms with Crippen LogP contribution in [-0.4, -0.2) is 41.5 Å². The number of benzene rings is 1. The Kier molecular flexibility index (Phi) is 6.54. The molecular formula is C22H26F2N4O2S. The first-order chi connectivity index (χ1) is 14.6.